The number of anilines is 1. The Morgan fingerprint density at radius 1 is 1.26 bits per heavy atom. The largest absolute Gasteiger partial charge is 0.362 e. The molecule has 0 bridgehead atoms. The summed E-state index contributed by atoms with van der Waals surface area (Å²) in [7, 11) is 1.99. The summed E-state index contributed by atoms with van der Waals surface area (Å²) in [4.78, 5) is 2.53. The summed E-state index contributed by atoms with van der Waals surface area (Å²) >= 11 is 0. The zero-order chi connectivity index (χ0) is 14.0. The second kappa shape index (κ2) is 5.38. The third kappa shape index (κ3) is 2.69. The summed E-state index contributed by atoms with van der Waals surface area (Å²) in [6.45, 7) is 11.1. The summed E-state index contributed by atoms with van der Waals surface area (Å²) in [5.74, 6) is 0. The van der Waals surface area contributed by atoms with E-state index in [0.717, 1.165) is 13.1 Å². The second-order valence-corrected chi connectivity index (χ2v) is 6.01. The van der Waals surface area contributed by atoms with E-state index in [2.05, 4.69) is 62.2 Å². The fraction of sp³-hybridized carbons (Fsp3) is 0.529. The number of nitrogens with one attached hydrogen (secondary N) is 1. The van der Waals surface area contributed by atoms with Gasteiger partial charge in [0.1, 0.15) is 0 Å². The molecule has 1 N–H and O–H groups in total. The first kappa shape index (κ1) is 14.1. The van der Waals surface area contributed by atoms with E-state index in [-0.39, 0.29) is 5.54 Å². The van der Waals surface area contributed by atoms with Crippen molar-refractivity contribution in [1.82, 2.24) is 5.32 Å². The number of allylic oxidation sites excluding steroid dienone is 1. The molecule has 1 aromatic rings. The van der Waals surface area contributed by atoms with Gasteiger partial charge in [-0.3, -0.25) is 0 Å². The highest BCUT2D eigenvalue weighted by Gasteiger charge is 2.30. The summed E-state index contributed by atoms with van der Waals surface area (Å²) in [6, 6.07) is 6.86. The van der Waals surface area contributed by atoms with Crippen LogP contribution in [0.3, 0.4) is 0 Å². The van der Waals surface area contributed by atoms with Gasteiger partial charge in [-0.05, 0) is 57.5 Å². The first-order chi connectivity index (χ1) is 8.99. The third-order valence-corrected chi connectivity index (χ3v) is 3.87. The zero-order valence-corrected chi connectivity index (χ0v) is 12.9. The van der Waals surface area contributed by atoms with E-state index in [9.17, 15) is 0 Å². The van der Waals surface area contributed by atoms with Gasteiger partial charge in [0.2, 0.25) is 0 Å². The Morgan fingerprint density at radius 2 is 2.00 bits per heavy atom. The molecule has 0 saturated heterocycles. The summed E-state index contributed by atoms with van der Waals surface area (Å²) in [5, 5.41) is 3.23. The van der Waals surface area contributed by atoms with Crippen molar-refractivity contribution in [1.29, 1.82) is 0 Å². The van der Waals surface area contributed by atoms with Crippen LogP contribution in [0.25, 0.3) is 5.57 Å². The standard InChI is InChI=1S/C17H26N2/c1-6-9-19-16-8-7-14(12-18-5)10-15(16)13(2)11-17(19,3)4/h7-8,10-11,18H,6,9,12H2,1-5H3. The minimum atomic E-state index is 0.109. The van der Waals surface area contributed by atoms with Gasteiger partial charge >= 0.3 is 0 Å². The Morgan fingerprint density at radius 3 is 2.63 bits per heavy atom. The third-order valence-electron chi connectivity index (χ3n) is 3.87. The van der Waals surface area contributed by atoms with E-state index < -0.39 is 0 Å². The molecule has 1 aliphatic rings. The molecule has 0 radical (unpaired) electrons. The molecule has 1 aromatic carbocycles. The summed E-state index contributed by atoms with van der Waals surface area (Å²) in [5.41, 5.74) is 5.63. The molecule has 0 amide bonds. The predicted octanol–water partition coefficient (Wildman–Crippen LogP) is 3.82. The molecule has 19 heavy (non-hydrogen) atoms. The monoisotopic (exact) mass is 258 g/mol. The lowest BCUT2D eigenvalue weighted by molar-refractivity contribution is 0.550. The van der Waals surface area contributed by atoms with Crippen LogP contribution in [0.15, 0.2) is 24.3 Å². The fourth-order valence-corrected chi connectivity index (χ4v) is 3.08. The van der Waals surface area contributed by atoms with Crippen molar-refractivity contribution < 1.29 is 0 Å². The van der Waals surface area contributed by atoms with Crippen LogP contribution in [-0.2, 0) is 6.54 Å². The number of hydrogen-bond acceptors (Lipinski definition) is 2. The van der Waals surface area contributed by atoms with Crippen LogP contribution in [0.2, 0.25) is 0 Å². The Kier molecular flexibility index (Phi) is 4.00. The van der Waals surface area contributed by atoms with Crippen molar-refractivity contribution in [3.63, 3.8) is 0 Å². The normalized spacial score (nSPS) is 17.1. The molecule has 0 spiro atoms. The molecule has 1 heterocycles. The van der Waals surface area contributed by atoms with E-state index in [0.29, 0.717) is 0 Å². The highest BCUT2D eigenvalue weighted by Crippen LogP contribution is 2.39. The van der Waals surface area contributed by atoms with Gasteiger partial charge in [0.15, 0.2) is 0 Å². The van der Waals surface area contributed by atoms with E-state index in [1.165, 1.54) is 28.8 Å². The fourth-order valence-electron chi connectivity index (χ4n) is 3.08. The average molecular weight is 258 g/mol. The molecule has 0 fully saturated rings. The number of fused-ring (bicyclic) bond motifs is 1. The first-order valence-electron chi connectivity index (χ1n) is 7.24. The Hall–Kier alpha value is -1.28. The number of rotatable bonds is 4. The maximum absolute atomic E-state index is 3.23. The van der Waals surface area contributed by atoms with Crippen LogP contribution in [-0.4, -0.2) is 19.1 Å². The predicted molar refractivity (Wildman–Crippen MR) is 84.6 cm³/mol. The van der Waals surface area contributed by atoms with Crippen LogP contribution in [0.5, 0.6) is 0 Å². The molecular weight excluding hydrogens is 232 g/mol. The van der Waals surface area contributed by atoms with E-state index in [1.807, 2.05) is 7.05 Å². The van der Waals surface area contributed by atoms with Crippen molar-refractivity contribution in [2.75, 3.05) is 18.5 Å². The molecule has 0 aromatic heterocycles. The van der Waals surface area contributed by atoms with Crippen molar-refractivity contribution in [2.24, 2.45) is 0 Å². The van der Waals surface area contributed by atoms with Crippen LogP contribution < -0.4 is 10.2 Å². The van der Waals surface area contributed by atoms with Crippen molar-refractivity contribution in [3.8, 4) is 0 Å². The van der Waals surface area contributed by atoms with Gasteiger partial charge < -0.3 is 10.2 Å². The number of nitrogens with zero attached hydrogens (tertiary/aromatic N) is 1. The lowest BCUT2D eigenvalue weighted by Gasteiger charge is -2.43. The minimum absolute atomic E-state index is 0.109. The van der Waals surface area contributed by atoms with Gasteiger partial charge in [-0.1, -0.05) is 19.1 Å². The zero-order valence-electron chi connectivity index (χ0n) is 12.9. The summed E-state index contributed by atoms with van der Waals surface area (Å²) < 4.78 is 0. The number of benzene rings is 1. The van der Waals surface area contributed by atoms with Crippen LogP contribution in [0.4, 0.5) is 5.69 Å². The molecule has 104 valence electrons. The smallest absolute Gasteiger partial charge is 0.0534 e. The van der Waals surface area contributed by atoms with Gasteiger partial charge in [0.05, 0.1) is 5.54 Å². The molecule has 1 aliphatic heterocycles. The molecule has 0 aliphatic carbocycles. The molecule has 2 rings (SSSR count). The van der Waals surface area contributed by atoms with E-state index in [4.69, 9.17) is 0 Å². The molecule has 0 unspecified atom stereocenters. The topological polar surface area (TPSA) is 15.3 Å². The van der Waals surface area contributed by atoms with Gasteiger partial charge in [0.25, 0.3) is 0 Å². The van der Waals surface area contributed by atoms with Gasteiger partial charge in [-0.25, -0.2) is 0 Å². The second-order valence-electron chi connectivity index (χ2n) is 6.01. The Labute approximate surface area is 117 Å². The molecule has 2 nitrogen and oxygen atoms in total. The molecule has 0 saturated carbocycles. The Bertz CT molecular complexity index is 486. The highest BCUT2D eigenvalue weighted by atomic mass is 15.2. The van der Waals surface area contributed by atoms with E-state index >= 15 is 0 Å². The lowest BCUT2D eigenvalue weighted by atomic mass is 9.88. The summed E-state index contributed by atoms with van der Waals surface area (Å²) in [6.07, 6.45) is 3.57. The molecule has 0 atom stereocenters. The molecule has 2 heteroatoms. The molecular formula is C17H26N2. The van der Waals surface area contributed by atoms with Gasteiger partial charge in [0, 0.05) is 24.3 Å². The van der Waals surface area contributed by atoms with Gasteiger partial charge in [-0.15, -0.1) is 0 Å². The average Bonchev–Trinajstić information content (AvgIpc) is 2.34. The van der Waals surface area contributed by atoms with Crippen LogP contribution in [0, 0.1) is 0 Å². The van der Waals surface area contributed by atoms with Crippen LogP contribution >= 0.6 is 0 Å². The first-order valence-corrected chi connectivity index (χ1v) is 7.24. The highest BCUT2D eigenvalue weighted by molar-refractivity contribution is 5.81. The SMILES string of the molecule is CCCN1c2ccc(CNC)cc2C(C)=CC1(C)C. The quantitative estimate of drug-likeness (QED) is 0.883. The van der Waals surface area contributed by atoms with Crippen molar-refractivity contribution in [2.45, 2.75) is 46.2 Å². The van der Waals surface area contributed by atoms with Crippen molar-refractivity contribution >= 4 is 11.3 Å². The lowest BCUT2D eigenvalue weighted by Crippen LogP contribution is -2.45. The maximum atomic E-state index is 3.23. The number of hydrogen-bond donors (Lipinski definition) is 1. The Balaban J connectivity index is 2.48. The minimum Gasteiger partial charge on any atom is -0.362 e. The van der Waals surface area contributed by atoms with Crippen molar-refractivity contribution in [3.05, 3.63) is 35.4 Å². The maximum Gasteiger partial charge on any atom is 0.0534 e. The van der Waals surface area contributed by atoms with Gasteiger partial charge in [-0.2, -0.15) is 0 Å². The van der Waals surface area contributed by atoms with E-state index in [1.54, 1.807) is 0 Å². The van der Waals surface area contributed by atoms with Crippen LogP contribution in [0.1, 0.15) is 45.2 Å².